The quantitative estimate of drug-likeness (QED) is 0.0459. The van der Waals surface area contributed by atoms with Gasteiger partial charge in [0.2, 0.25) is 17.1 Å². The first-order valence-corrected chi connectivity index (χ1v) is 38.3. The van der Waals surface area contributed by atoms with Gasteiger partial charge in [-0.2, -0.15) is 0 Å². The molecule has 6 aromatic heterocycles. The Balaban J connectivity index is 0.000000129. The van der Waals surface area contributed by atoms with E-state index in [1.807, 2.05) is 36.4 Å². The molecule has 2 unspecified atom stereocenters. The van der Waals surface area contributed by atoms with E-state index in [-0.39, 0.29) is 136 Å². The molecule has 9 saturated carbocycles. The molecule has 12 aromatic rings. The van der Waals surface area contributed by atoms with Crippen LogP contribution in [0.1, 0.15) is 120 Å². The Kier molecular flexibility index (Phi) is 20.8. The minimum absolute atomic E-state index is 0.00514. The minimum atomic E-state index is -1.19. The third kappa shape index (κ3) is 14.2. The summed E-state index contributed by atoms with van der Waals surface area (Å²) in [5, 5.41) is 10.6. The van der Waals surface area contributed by atoms with Gasteiger partial charge in [0, 0.05) is 104 Å². The molecule has 6 bridgehead atoms. The number of H-pyrrole nitrogens is 3. The first-order valence-electron chi connectivity index (χ1n) is 38.3. The zero-order valence-corrected chi connectivity index (χ0v) is 62.0. The number of hydrogen-bond donors (Lipinski definition) is 6. The summed E-state index contributed by atoms with van der Waals surface area (Å²) in [5.41, 5.74) is 1.64. The Morgan fingerprint density at radius 3 is 1.01 bits per heavy atom. The first-order chi connectivity index (χ1) is 55.1. The van der Waals surface area contributed by atoms with E-state index < -0.39 is 64.0 Å². The maximum atomic E-state index is 16.2. The van der Waals surface area contributed by atoms with Gasteiger partial charge >= 0.3 is 0 Å². The average molecular weight is 1540 g/mol. The summed E-state index contributed by atoms with van der Waals surface area (Å²) in [7, 11) is 0. The molecular formula is C91H73F11N12. The van der Waals surface area contributed by atoms with Crippen LogP contribution in [0, 0.1) is 161 Å². The largest absolute Gasteiger partial charge is 0.364 e. The average Bonchev–Trinajstić information content (AvgIpc) is 1.52. The SMILES string of the molecule is [C-]#[N+]c1c(-c2c[nH]c3c(F)cc(F)cc23)nc(NC2C3CCC(CC3)C2C)c(F)c1-c1ccc(F)c(F)c1.[C-]#[N+]c1c(-c2c[nH]c3c(F)cc(F)cc23)nc(N[C@@H]2C3CCC(CC3)[C@H]2C)c(F)c1C#Cc1ccccc1.[C-]#[N+]c1c(-c2c[nH]c3c(F)cc(F)cc23)nc(N[C@H]2C3CCC(CC3)[C@@H]2C)c(F)c1C#Cc1ccccc1. The lowest BCUT2D eigenvalue weighted by Crippen LogP contribution is -2.47. The highest BCUT2D eigenvalue weighted by molar-refractivity contribution is 6.03. The molecule has 114 heavy (non-hydrogen) atoms. The van der Waals surface area contributed by atoms with Crippen LogP contribution >= 0.6 is 0 Å². The van der Waals surface area contributed by atoms with Crippen molar-refractivity contribution < 1.29 is 48.3 Å². The first kappa shape index (κ1) is 75.6. The van der Waals surface area contributed by atoms with Crippen molar-refractivity contribution >= 4 is 67.2 Å². The van der Waals surface area contributed by atoms with E-state index in [1.165, 1.54) is 62.5 Å². The number of pyridine rings is 3. The van der Waals surface area contributed by atoms with E-state index in [1.54, 1.807) is 24.3 Å². The van der Waals surface area contributed by atoms with Gasteiger partial charge in [-0.25, -0.2) is 77.8 Å². The highest BCUT2D eigenvalue weighted by Gasteiger charge is 2.45. The smallest absolute Gasteiger partial charge is 0.231 e. The van der Waals surface area contributed by atoms with E-state index in [0.717, 1.165) is 87.8 Å². The number of anilines is 3. The van der Waals surface area contributed by atoms with E-state index in [2.05, 4.69) is 105 Å². The van der Waals surface area contributed by atoms with Gasteiger partial charge in [-0.3, -0.25) is 0 Å². The Morgan fingerprint density at radius 2 is 0.684 bits per heavy atom. The van der Waals surface area contributed by atoms with Gasteiger partial charge in [0.05, 0.1) is 64.5 Å². The zero-order valence-electron chi connectivity index (χ0n) is 62.0. The Bertz CT molecular complexity index is 5790. The molecule has 23 heteroatoms. The fourth-order valence-corrected chi connectivity index (χ4v) is 18.8. The summed E-state index contributed by atoms with van der Waals surface area (Å²) in [6.45, 7) is 30.2. The minimum Gasteiger partial charge on any atom is -0.364 e. The molecule has 0 aliphatic heterocycles. The van der Waals surface area contributed by atoms with Crippen molar-refractivity contribution in [3.63, 3.8) is 0 Å². The van der Waals surface area contributed by atoms with Crippen LogP contribution in [0.4, 0.5) is 82.8 Å². The second-order valence-corrected chi connectivity index (χ2v) is 30.9. The predicted molar refractivity (Wildman–Crippen MR) is 419 cm³/mol. The normalized spacial score (nSPS) is 22.2. The summed E-state index contributed by atoms with van der Waals surface area (Å²) in [6, 6.07) is 26.9. The maximum absolute atomic E-state index is 16.2. The van der Waals surface area contributed by atoms with Crippen LogP contribution in [-0.2, 0) is 0 Å². The van der Waals surface area contributed by atoms with Gasteiger partial charge in [0.15, 0.2) is 46.5 Å². The zero-order chi connectivity index (χ0) is 79.5. The summed E-state index contributed by atoms with van der Waals surface area (Å²) < 4.78 is 162. The molecule has 0 radical (unpaired) electrons. The van der Waals surface area contributed by atoms with Crippen LogP contribution < -0.4 is 16.0 Å². The number of nitrogens with one attached hydrogen (secondary N) is 6. The number of halogens is 11. The molecule has 0 saturated heterocycles. The highest BCUT2D eigenvalue weighted by Crippen LogP contribution is 2.52. The molecule has 574 valence electrons. The van der Waals surface area contributed by atoms with Gasteiger partial charge in [-0.1, -0.05) is 86.9 Å². The molecule has 12 nitrogen and oxygen atoms in total. The highest BCUT2D eigenvalue weighted by atomic mass is 19.2. The number of fused-ring (bicyclic) bond motifs is 12. The standard InChI is InChI=1S/2C31H25F3N4.C29H23F5N4/c2*1-17-19-9-11-20(12-10-19)27(17)37-31-26(34)22(13-8-18-6-4-3-5-7-18)29(35-2)30(38-31)24-16-36-28-23(24)14-21(32)15-25(28)33;1-13-14-3-5-15(6-4-14)25(13)37-29-24(34)23(16-7-8-20(31)21(32)9-16)28(35-2)27(38-29)19-12-36-26-18(19)10-17(30)11-22(26)33/h2*3-7,14-17,19-20,27,36H,9-12H2,1H3,(H,37,38);7-15,25,36H,3-6H2,1H3,(H,37,38)/t2*17-,19?,20?,27+;/m10./s1. The van der Waals surface area contributed by atoms with Crippen LogP contribution in [0.2, 0.25) is 0 Å². The Morgan fingerprint density at radius 1 is 0.360 bits per heavy atom. The van der Waals surface area contributed by atoms with Crippen molar-refractivity contribution in [2.45, 2.75) is 116 Å². The van der Waals surface area contributed by atoms with Crippen LogP contribution in [0.15, 0.2) is 134 Å². The monoisotopic (exact) mass is 1540 g/mol. The fraction of sp³-hybridized carbons (Fsp3) is 0.297. The number of aromatic amines is 3. The van der Waals surface area contributed by atoms with Crippen molar-refractivity contribution in [3.05, 3.63) is 254 Å². The lowest BCUT2D eigenvalue weighted by molar-refractivity contribution is 0.0926. The molecule has 6 aromatic carbocycles. The molecule has 9 aliphatic carbocycles. The molecule has 9 fully saturated rings. The molecular weight excluding hydrogens is 1470 g/mol. The van der Waals surface area contributed by atoms with Crippen LogP contribution in [-0.4, -0.2) is 48.0 Å². The number of benzene rings is 6. The topological polar surface area (TPSA) is 135 Å². The summed E-state index contributed by atoms with van der Waals surface area (Å²) >= 11 is 0. The van der Waals surface area contributed by atoms with Crippen molar-refractivity contribution in [1.29, 1.82) is 0 Å². The van der Waals surface area contributed by atoms with Gasteiger partial charge in [0.1, 0.15) is 34.9 Å². The van der Waals surface area contributed by atoms with E-state index in [4.69, 9.17) is 19.7 Å². The summed E-state index contributed by atoms with van der Waals surface area (Å²) in [6.07, 6.45) is 17.7. The second kappa shape index (κ2) is 31.3. The lowest BCUT2D eigenvalue weighted by atomic mass is 9.62. The number of hydrogen-bond acceptors (Lipinski definition) is 6. The molecule has 9 aliphatic rings. The van der Waals surface area contributed by atoms with Gasteiger partial charge in [0.25, 0.3) is 0 Å². The van der Waals surface area contributed by atoms with Crippen molar-refractivity contribution in [2.75, 3.05) is 16.0 Å². The molecule has 6 atom stereocenters. The third-order valence-corrected chi connectivity index (χ3v) is 24.8. The van der Waals surface area contributed by atoms with Crippen molar-refractivity contribution in [1.82, 2.24) is 29.9 Å². The van der Waals surface area contributed by atoms with Crippen molar-refractivity contribution in [3.8, 4) is 68.6 Å². The molecule has 6 heterocycles. The fourth-order valence-electron chi connectivity index (χ4n) is 18.8. The molecule has 21 rings (SSSR count). The lowest BCUT2D eigenvalue weighted by Gasteiger charge is -2.47. The van der Waals surface area contributed by atoms with Crippen LogP contribution in [0.3, 0.4) is 0 Å². The summed E-state index contributed by atoms with van der Waals surface area (Å²) in [5.74, 6) is 6.10. The van der Waals surface area contributed by atoms with Gasteiger partial charge < -0.3 is 30.9 Å². The van der Waals surface area contributed by atoms with Gasteiger partial charge in [-0.15, -0.1) is 0 Å². The predicted octanol–water partition coefficient (Wildman–Crippen LogP) is 24.0. The second-order valence-electron chi connectivity index (χ2n) is 30.9. The Labute approximate surface area is 650 Å². The van der Waals surface area contributed by atoms with Crippen molar-refractivity contribution in [2.24, 2.45) is 53.3 Å². The van der Waals surface area contributed by atoms with E-state index in [0.29, 0.717) is 69.6 Å². The molecule has 0 spiro atoms. The number of aromatic nitrogens is 6. The summed E-state index contributed by atoms with van der Waals surface area (Å²) in [4.78, 5) is 32.8. The maximum Gasteiger partial charge on any atom is 0.231 e. The van der Waals surface area contributed by atoms with Crippen LogP contribution in [0.25, 0.3) is 92.1 Å². The van der Waals surface area contributed by atoms with Gasteiger partial charge in [-0.05, 0) is 190 Å². The van der Waals surface area contributed by atoms with Crippen LogP contribution in [0.5, 0.6) is 0 Å². The number of rotatable bonds is 10. The Hall–Kier alpha value is -12.4. The third-order valence-electron chi connectivity index (χ3n) is 24.8. The van der Waals surface area contributed by atoms with E-state index >= 15 is 13.2 Å². The van der Waals surface area contributed by atoms with E-state index in [9.17, 15) is 35.1 Å². The molecule has 0 amide bonds. The number of nitrogens with zero attached hydrogens (tertiary/aromatic N) is 6. The molecule has 6 N–H and O–H groups in total.